The summed E-state index contributed by atoms with van der Waals surface area (Å²) in [5.74, 6) is 0.639. The highest BCUT2D eigenvalue weighted by Crippen LogP contribution is 2.38. The van der Waals surface area contributed by atoms with E-state index in [1.807, 2.05) is 12.1 Å². The molecule has 1 fully saturated rings. The van der Waals surface area contributed by atoms with Gasteiger partial charge < -0.3 is 10.6 Å². The Morgan fingerprint density at radius 3 is 2.71 bits per heavy atom. The van der Waals surface area contributed by atoms with E-state index in [-0.39, 0.29) is 24.9 Å². The molecule has 0 spiro atoms. The monoisotopic (exact) mass is 522 g/mol. The number of fused-ring (bicyclic) bond motifs is 1. The van der Waals surface area contributed by atoms with E-state index in [1.54, 1.807) is 29.2 Å². The number of carbonyl (C=O) groups is 1. The largest absolute Gasteiger partial charge is 0.383 e. The highest BCUT2D eigenvalue weighted by Gasteiger charge is 2.37. The second-order valence-electron chi connectivity index (χ2n) is 7.61. The van der Waals surface area contributed by atoms with Gasteiger partial charge in [-0.15, -0.1) is 0 Å². The minimum Gasteiger partial charge on any atom is -0.383 e. The molecule has 1 saturated carbocycles. The van der Waals surface area contributed by atoms with Gasteiger partial charge in [0, 0.05) is 23.2 Å². The van der Waals surface area contributed by atoms with Crippen LogP contribution in [0, 0.1) is 32.2 Å². The molecule has 0 saturated heterocycles. The first kappa shape index (κ1) is 21.0. The van der Waals surface area contributed by atoms with Gasteiger partial charge in [0.05, 0.1) is 39.4 Å². The van der Waals surface area contributed by atoms with Crippen molar-refractivity contribution in [3.63, 3.8) is 0 Å². The fraction of sp³-hybridized carbons (Fsp3) is 0.261. The molecule has 3 aromatic rings. The normalized spacial score (nSPS) is 13.9. The first-order valence-corrected chi connectivity index (χ1v) is 11.0. The number of aromatic nitrogens is 2. The SMILES string of the molecule is N#CC[C@@H](C1CC1)N(Cc1ccc(C#N)cn1)C(=O)c1ccc2nc(N)c(I)cc2c1. The molecule has 2 aromatic heterocycles. The lowest BCUT2D eigenvalue weighted by Gasteiger charge is -2.30. The van der Waals surface area contributed by atoms with Crippen LogP contribution in [0.15, 0.2) is 42.6 Å². The zero-order chi connectivity index (χ0) is 22.0. The van der Waals surface area contributed by atoms with E-state index in [1.165, 1.54) is 6.20 Å². The third-order valence-corrected chi connectivity index (χ3v) is 6.32. The van der Waals surface area contributed by atoms with Gasteiger partial charge >= 0.3 is 0 Å². The van der Waals surface area contributed by atoms with Gasteiger partial charge in [-0.3, -0.25) is 9.78 Å². The number of anilines is 1. The fourth-order valence-corrected chi connectivity index (χ4v) is 4.12. The van der Waals surface area contributed by atoms with Crippen LogP contribution in [0.4, 0.5) is 5.82 Å². The highest BCUT2D eigenvalue weighted by molar-refractivity contribution is 14.1. The van der Waals surface area contributed by atoms with Gasteiger partial charge in [0.1, 0.15) is 11.9 Å². The van der Waals surface area contributed by atoms with Gasteiger partial charge in [-0.1, -0.05) is 0 Å². The van der Waals surface area contributed by atoms with Crippen molar-refractivity contribution in [2.75, 3.05) is 5.73 Å². The third-order valence-electron chi connectivity index (χ3n) is 5.46. The number of benzene rings is 1. The Labute approximate surface area is 193 Å². The number of hydrogen-bond acceptors (Lipinski definition) is 6. The number of pyridine rings is 2. The summed E-state index contributed by atoms with van der Waals surface area (Å²) in [5.41, 5.74) is 8.31. The van der Waals surface area contributed by atoms with Crippen LogP contribution in [0.1, 0.15) is 40.9 Å². The number of nitrogens with two attached hydrogens (primary N) is 1. The number of hydrogen-bond donors (Lipinski definition) is 1. The fourth-order valence-electron chi connectivity index (χ4n) is 3.67. The Hall–Kier alpha value is -3.24. The standard InChI is InChI=1S/C23H19IN6O/c24-19-10-17-9-16(4-6-20(17)29-22(19)27)23(31)30(21(7-8-25)15-2-3-15)13-18-5-1-14(11-26)12-28-18/h1,4-6,9-10,12,15,21H,2-3,7,13H2,(H2,27,29)/t21-/m0/s1. The van der Waals surface area contributed by atoms with Gasteiger partial charge in [0.2, 0.25) is 0 Å². The number of nitrogens with zero attached hydrogens (tertiary/aromatic N) is 5. The number of rotatable bonds is 6. The number of nitriles is 2. The van der Waals surface area contributed by atoms with Crippen molar-refractivity contribution in [1.82, 2.24) is 14.9 Å². The molecule has 1 amide bonds. The minimum atomic E-state index is -0.171. The number of nitrogen functional groups attached to an aromatic ring is 1. The summed E-state index contributed by atoms with van der Waals surface area (Å²) in [4.78, 5) is 24.1. The van der Waals surface area contributed by atoms with Gasteiger partial charge in [0.15, 0.2) is 0 Å². The number of carbonyl (C=O) groups excluding carboxylic acids is 1. The van der Waals surface area contributed by atoms with Crippen molar-refractivity contribution in [1.29, 1.82) is 10.5 Å². The van der Waals surface area contributed by atoms with Gasteiger partial charge in [-0.2, -0.15) is 10.5 Å². The Morgan fingerprint density at radius 2 is 2.06 bits per heavy atom. The van der Waals surface area contributed by atoms with Crippen molar-refractivity contribution in [3.05, 3.63) is 63.0 Å². The van der Waals surface area contributed by atoms with E-state index in [0.717, 1.165) is 27.3 Å². The summed E-state index contributed by atoms with van der Waals surface area (Å²) in [6, 6.07) is 14.8. The van der Waals surface area contributed by atoms with Crippen LogP contribution >= 0.6 is 22.6 Å². The van der Waals surface area contributed by atoms with Crippen LogP contribution in [0.2, 0.25) is 0 Å². The molecule has 1 atom stereocenters. The molecule has 0 aliphatic heterocycles. The summed E-state index contributed by atoms with van der Waals surface area (Å²) >= 11 is 2.12. The van der Waals surface area contributed by atoms with Gasteiger partial charge in [-0.25, -0.2) is 4.98 Å². The molecule has 0 radical (unpaired) electrons. The molecule has 2 heterocycles. The second kappa shape index (κ2) is 8.86. The lowest BCUT2D eigenvalue weighted by molar-refractivity contribution is 0.0636. The zero-order valence-corrected chi connectivity index (χ0v) is 18.8. The van der Waals surface area contributed by atoms with Crippen molar-refractivity contribution in [2.24, 2.45) is 5.92 Å². The van der Waals surface area contributed by atoms with Crippen LogP contribution in [-0.4, -0.2) is 26.8 Å². The lowest BCUT2D eigenvalue weighted by atomic mass is 10.0. The summed E-state index contributed by atoms with van der Waals surface area (Å²) in [6.07, 6.45) is 3.80. The predicted molar refractivity (Wildman–Crippen MR) is 124 cm³/mol. The number of amides is 1. The molecule has 2 N–H and O–H groups in total. The lowest BCUT2D eigenvalue weighted by Crippen LogP contribution is -2.41. The molecule has 1 aromatic carbocycles. The predicted octanol–water partition coefficient (Wildman–Crippen LogP) is 4.02. The topological polar surface area (TPSA) is 120 Å². The second-order valence-corrected chi connectivity index (χ2v) is 8.78. The van der Waals surface area contributed by atoms with Crippen LogP contribution in [0.5, 0.6) is 0 Å². The summed E-state index contributed by atoms with van der Waals surface area (Å²) in [5, 5.41) is 19.2. The summed E-state index contributed by atoms with van der Waals surface area (Å²) in [7, 11) is 0. The van der Waals surface area contributed by atoms with E-state index in [0.29, 0.717) is 28.6 Å². The van der Waals surface area contributed by atoms with Crippen LogP contribution in [0.3, 0.4) is 0 Å². The molecule has 8 heteroatoms. The first-order chi connectivity index (χ1) is 15.0. The summed E-state index contributed by atoms with van der Waals surface area (Å²) < 4.78 is 0.827. The third kappa shape index (κ3) is 4.59. The molecular weight excluding hydrogens is 503 g/mol. The van der Waals surface area contributed by atoms with Crippen molar-refractivity contribution in [3.8, 4) is 12.1 Å². The first-order valence-electron chi connectivity index (χ1n) is 9.89. The van der Waals surface area contributed by atoms with Crippen molar-refractivity contribution in [2.45, 2.75) is 31.8 Å². The van der Waals surface area contributed by atoms with E-state index >= 15 is 0 Å². The highest BCUT2D eigenvalue weighted by atomic mass is 127. The molecule has 7 nitrogen and oxygen atoms in total. The van der Waals surface area contributed by atoms with E-state index in [2.05, 4.69) is 44.7 Å². The molecule has 1 aliphatic rings. The van der Waals surface area contributed by atoms with E-state index < -0.39 is 0 Å². The maximum Gasteiger partial charge on any atom is 0.254 e. The van der Waals surface area contributed by atoms with Crippen molar-refractivity contribution >= 4 is 45.2 Å². The molecule has 0 bridgehead atoms. The average Bonchev–Trinajstić information content (AvgIpc) is 3.62. The van der Waals surface area contributed by atoms with Crippen LogP contribution in [0.25, 0.3) is 10.9 Å². The Kier molecular flexibility index (Phi) is 6.01. The maximum absolute atomic E-state index is 13.6. The molecule has 1 aliphatic carbocycles. The summed E-state index contributed by atoms with van der Waals surface area (Å²) in [6.45, 7) is 0.281. The average molecular weight is 522 g/mol. The van der Waals surface area contributed by atoms with Gasteiger partial charge in [0.25, 0.3) is 5.91 Å². The molecule has 31 heavy (non-hydrogen) atoms. The Balaban J connectivity index is 1.70. The number of halogens is 1. The van der Waals surface area contributed by atoms with E-state index in [9.17, 15) is 10.1 Å². The zero-order valence-electron chi connectivity index (χ0n) is 16.6. The molecule has 154 valence electrons. The molecular formula is C23H19IN6O. The minimum absolute atomic E-state index is 0.146. The Morgan fingerprint density at radius 1 is 1.26 bits per heavy atom. The maximum atomic E-state index is 13.6. The smallest absolute Gasteiger partial charge is 0.254 e. The van der Waals surface area contributed by atoms with Crippen molar-refractivity contribution < 1.29 is 4.79 Å². The quantitative estimate of drug-likeness (QED) is 0.489. The van der Waals surface area contributed by atoms with Gasteiger partial charge in [-0.05, 0) is 77.7 Å². The Bertz CT molecular complexity index is 1220. The van der Waals surface area contributed by atoms with Crippen LogP contribution in [-0.2, 0) is 6.54 Å². The molecule has 0 unspecified atom stereocenters. The van der Waals surface area contributed by atoms with E-state index in [4.69, 9.17) is 11.0 Å². The van der Waals surface area contributed by atoms with Crippen LogP contribution < -0.4 is 5.73 Å². The molecule has 4 rings (SSSR count).